The van der Waals surface area contributed by atoms with Crippen LogP contribution < -0.4 is 40.9 Å². The predicted octanol–water partition coefficient (Wildman–Crippen LogP) is 23.7. The van der Waals surface area contributed by atoms with Crippen LogP contribution >= 0.6 is 85.5 Å². The molecule has 0 spiro atoms. The van der Waals surface area contributed by atoms with Crippen molar-refractivity contribution in [2.75, 3.05) is 146 Å². The van der Waals surface area contributed by atoms with Crippen LogP contribution in [-0.2, 0) is 25.9 Å². The van der Waals surface area contributed by atoms with Crippen molar-refractivity contribution in [3.05, 3.63) is 194 Å². The summed E-state index contributed by atoms with van der Waals surface area (Å²) in [5.41, 5.74) is 7.43. The number of piperidine rings is 4. The van der Waals surface area contributed by atoms with Gasteiger partial charge in [-0.1, -0.05) is 130 Å². The topological polar surface area (TPSA) is 326 Å². The van der Waals surface area contributed by atoms with Crippen molar-refractivity contribution >= 4 is 167 Å². The lowest BCUT2D eigenvalue weighted by atomic mass is 9.65. The van der Waals surface area contributed by atoms with E-state index in [1.54, 1.807) is 6.20 Å². The molecule has 0 unspecified atom stereocenters. The molecule has 149 heavy (non-hydrogen) atoms. The Balaban J connectivity index is 0.000000130. The van der Waals surface area contributed by atoms with Gasteiger partial charge in [0.1, 0.15) is 28.4 Å². The maximum atomic E-state index is 13.8. The molecule has 800 valence electrons. The van der Waals surface area contributed by atoms with E-state index >= 15 is 0 Å². The Labute approximate surface area is 913 Å². The van der Waals surface area contributed by atoms with Gasteiger partial charge in [0.2, 0.25) is 23.8 Å². The van der Waals surface area contributed by atoms with Gasteiger partial charge in [0.25, 0.3) is 0 Å². The van der Waals surface area contributed by atoms with E-state index in [1.165, 1.54) is 44.9 Å². The molecule has 12 heterocycles. The number of hydrogen-bond acceptors (Lipinski definition) is 24. The van der Waals surface area contributed by atoms with E-state index in [1.807, 2.05) is 130 Å². The molecule has 0 bridgehead atoms. The van der Waals surface area contributed by atoms with Crippen molar-refractivity contribution in [3.8, 4) is 0 Å². The van der Waals surface area contributed by atoms with Crippen molar-refractivity contribution in [2.45, 2.75) is 241 Å². The van der Waals surface area contributed by atoms with Crippen LogP contribution in [0.15, 0.2) is 114 Å². The van der Waals surface area contributed by atoms with Crippen LogP contribution in [0.25, 0.3) is 10.9 Å². The third-order valence-electron chi connectivity index (χ3n) is 35.0. The molecule has 4 saturated carbocycles. The lowest BCUT2D eigenvalue weighted by molar-refractivity contribution is -0.159. The number of aliphatic carboxylic acids is 4. The van der Waals surface area contributed by atoms with E-state index in [0.29, 0.717) is 105 Å². The highest BCUT2D eigenvalue weighted by atomic mass is 79.9. The smallest absolute Gasteiger partial charge is 0.309 e. The molecule has 4 aliphatic carbocycles. The van der Waals surface area contributed by atoms with E-state index in [0.717, 1.165) is 261 Å². The molecule has 8 atom stereocenters. The minimum absolute atomic E-state index is 0.00361. The van der Waals surface area contributed by atoms with Gasteiger partial charge in [0.05, 0.1) is 67.7 Å². The van der Waals surface area contributed by atoms with E-state index < -0.39 is 52.2 Å². The summed E-state index contributed by atoms with van der Waals surface area (Å²) >= 11 is 42.5. The first-order valence-corrected chi connectivity index (χ1v) is 56.5. The molecular weight excluding hydrogens is 2080 g/mol. The van der Waals surface area contributed by atoms with Crippen molar-refractivity contribution < 1.29 is 44.0 Å². The lowest BCUT2D eigenvalue weighted by Gasteiger charge is -2.52. The van der Waals surface area contributed by atoms with Crippen molar-refractivity contribution in [1.82, 2.24) is 59.5 Å². The molecule has 36 heteroatoms. The van der Waals surface area contributed by atoms with E-state index in [2.05, 4.69) is 153 Å². The number of alkyl halides is 1. The Bertz CT molecular complexity index is 6180. The average molecular weight is 2220 g/mol. The van der Waals surface area contributed by atoms with E-state index in [-0.39, 0.29) is 34.9 Å². The van der Waals surface area contributed by atoms with Gasteiger partial charge in [-0.15, -0.1) is 0 Å². The number of hydrogen-bond donors (Lipinski definition) is 8. The number of aryl methyl sites for hydroxylation is 4. The SMILES string of the molecule is Cc1ccc([C@@H](C)Nc2nc(N3CC([C@H]4CCCN(C5CC(C)(C(=O)O)C5)C4)C3)nc(CF)c2Cl)c(Cl)c1.Cc1ccc([C@@H](C)Nc2nc(N3CC([C@H]4CCCN(C5CC(C)(C(=O)O)C5)C4)C3)nc3ccccc23)c(Cl)c1.Cc1ccc([C@@H](C)Nc2nc(N3CC([C@H]4CCCN(C5CC(C)(C(=O)O)C5)C4)C3)ncc2Br)c(Cl)c1.Cc1ccc([C@@H](C)Nc2nc(N3CC([C@H]4CCCN(C5CC(C)(C(=O)O)C5)C4)C3)ncc2Cl)c(Cl)c1. The average Bonchev–Trinajstić information content (AvgIpc) is 0.768. The number of likely N-dealkylation sites (tertiary alicyclic amines) is 4. The van der Waals surface area contributed by atoms with E-state index in [9.17, 15) is 44.0 Å². The Hall–Kier alpha value is -9.05. The Morgan fingerprint density at radius 3 is 0.993 bits per heavy atom. The molecule has 5 aromatic carbocycles. The lowest BCUT2D eigenvalue weighted by Crippen LogP contribution is -2.58. The molecular formula is C113H144BrCl6FN20O8. The highest BCUT2D eigenvalue weighted by Crippen LogP contribution is 2.52. The molecule has 8 N–H and O–H groups in total. The van der Waals surface area contributed by atoms with Crippen LogP contribution in [0.5, 0.6) is 0 Å². The fourth-order valence-corrected chi connectivity index (χ4v) is 27.2. The van der Waals surface area contributed by atoms with Gasteiger partial charge in [0, 0.05) is 134 Å². The van der Waals surface area contributed by atoms with Crippen molar-refractivity contribution in [1.29, 1.82) is 0 Å². The number of para-hydroxylation sites is 1. The molecule has 8 saturated heterocycles. The molecule has 28 nitrogen and oxygen atoms in total. The van der Waals surface area contributed by atoms with Gasteiger partial charge < -0.3 is 80.9 Å². The zero-order valence-corrected chi connectivity index (χ0v) is 93.7. The molecule has 9 aromatic rings. The summed E-state index contributed by atoms with van der Waals surface area (Å²) in [7, 11) is 0. The summed E-state index contributed by atoms with van der Waals surface area (Å²) < 4.78 is 14.7. The van der Waals surface area contributed by atoms with Crippen LogP contribution in [-0.4, -0.2) is 233 Å². The second kappa shape index (κ2) is 45.9. The number of fused-ring (bicyclic) bond motifs is 1. The van der Waals surface area contributed by atoms with Crippen LogP contribution in [0.2, 0.25) is 30.1 Å². The molecule has 12 aliphatic rings. The number of benzene rings is 5. The number of rotatable bonds is 29. The van der Waals surface area contributed by atoms with Gasteiger partial charge >= 0.3 is 23.9 Å². The minimum atomic E-state index is -0.770. The fraction of sp³-hybridized carbons (Fsp3) is 0.575. The normalized spacial score (nSPS) is 27.2. The third-order valence-corrected chi connectivity index (χ3v) is 37.6. The highest BCUT2D eigenvalue weighted by molar-refractivity contribution is 9.10. The third kappa shape index (κ3) is 24.5. The van der Waals surface area contributed by atoms with Gasteiger partial charge in [-0.2, -0.15) is 19.9 Å². The van der Waals surface area contributed by atoms with Gasteiger partial charge in [0.15, 0.2) is 11.6 Å². The number of halogens is 8. The van der Waals surface area contributed by atoms with Crippen LogP contribution in [0, 0.1) is 96.7 Å². The van der Waals surface area contributed by atoms with Crippen LogP contribution in [0.4, 0.5) is 51.5 Å². The van der Waals surface area contributed by atoms with Crippen LogP contribution in [0.3, 0.4) is 0 Å². The number of carbonyl (C=O) groups is 4. The minimum Gasteiger partial charge on any atom is -0.481 e. The highest BCUT2D eigenvalue weighted by Gasteiger charge is 2.55. The van der Waals surface area contributed by atoms with Crippen molar-refractivity contribution in [2.24, 2.45) is 69.0 Å². The zero-order valence-electron chi connectivity index (χ0n) is 87.6. The Morgan fingerprint density at radius 1 is 0.369 bits per heavy atom. The van der Waals surface area contributed by atoms with Gasteiger partial charge in [-0.3, -0.25) is 19.2 Å². The number of aromatic nitrogens is 8. The Morgan fingerprint density at radius 2 is 0.658 bits per heavy atom. The fourth-order valence-electron chi connectivity index (χ4n) is 25.0. The standard InChI is InChI=1S/C31H38ClN5O2.C28H36Cl2FN5O2.C27H35BrClN5O2.C27H35Cl2N5O2/c1-19-10-11-24(26(32)13-19)20(2)33-28-25-8-4-5-9-27(25)34-30(35-28)37-17-22(18-37)21-7-6-12-36(16-21)23-14-31(3,15-23)29(38)39;1-16-6-7-21(22(29)9-16)17(2)32-25-24(30)23(12-31)33-27(34-25)36-14-19(15-36)18-5-4-8-35(13-18)20-10-28(3,11-20)26(37)38;1-16-6-7-21(23(29)9-16)17(2)31-24-22(28)12-30-26(32-24)34-14-19(15-34)18-5-4-8-33(13-18)20-10-27(3,11-20)25(35)36;1-16-6-7-21(22(28)9-16)17(2)31-24-23(29)12-30-26(32-24)34-14-19(15-34)18-5-4-8-33(13-18)20-10-27(3,11-20)25(35)36/h4-5,8-11,13,20-23H,6-7,12,14-18H2,1-3H3,(H,38,39)(H,33,34,35);6-7,9,17-20H,4-5,8,10-15H2,1-3H3,(H,37,38)(H,32,33,34);2*6-7,9,12,17-20H,4-5,8,10-11,13-15H2,1-3H3,(H,35,36)(H,30,31,32)/t20-,21+,23?,31?;17-,18+,20?,28?;2*17-,18+,20?,27?/m1111/s1. The first-order valence-electron chi connectivity index (χ1n) is 53.5. The summed E-state index contributed by atoms with van der Waals surface area (Å²) in [5, 5.41) is 56.3. The van der Waals surface area contributed by atoms with Crippen LogP contribution in [0.1, 0.15) is 232 Å². The molecule has 4 aromatic heterocycles. The second-order valence-corrected chi connectivity index (χ2v) is 49.7. The molecule has 8 aliphatic heterocycles. The predicted molar refractivity (Wildman–Crippen MR) is 596 cm³/mol. The summed E-state index contributed by atoms with van der Waals surface area (Å²) in [6.45, 7) is 39.0. The molecule has 0 amide bonds. The maximum Gasteiger partial charge on any atom is 0.309 e. The molecule has 0 radical (unpaired) electrons. The largest absolute Gasteiger partial charge is 0.481 e. The van der Waals surface area contributed by atoms with Gasteiger partial charge in [-0.05, 0) is 356 Å². The van der Waals surface area contributed by atoms with Gasteiger partial charge in [-0.25, -0.2) is 24.3 Å². The number of carboxylic acids is 4. The first kappa shape index (κ1) is 110. The summed E-state index contributed by atoms with van der Waals surface area (Å²) in [6.07, 6.45) is 19.2. The monoisotopic (exact) mass is 2220 g/mol. The molecule has 21 rings (SSSR count). The number of carboxylic acid groups (broad SMARTS) is 4. The summed E-state index contributed by atoms with van der Waals surface area (Å²) in [6, 6.07) is 33.8. The number of nitrogens with zero attached hydrogens (tertiary/aromatic N) is 16. The quantitative estimate of drug-likeness (QED) is 0.0216. The maximum absolute atomic E-state index is 13.8. The van der Waals surface area contributed by atoms with Crippen molar-refractivity contribution in [3.63, 3.8) is 0 Å². The summed E-state index contributed by atoms with van der Waals surface area (Å²) in [4.78, 5) is 103. The Kier molecular flexibility index (Phi) is 33.8. The first-order chi connectivity index (χ1) is 71.0. The van der Waals surface area contributed by atoms with E-state index in [4.69, 9.17) is 89.5 Å². The zero-order chi connectivity index (χ0) is 106. The second-order valence-electron chi connectivity index (χ2n) is 46.4. The number of anilines is 8. The number of nitrogens with one attached hydrogen (secondary N) is 4. The summed E-state index contributed by atoms with van der Waals surface area (Å²) in [5.74, 6) is 7.58. The molecule has 12 fully saturated rings.